The second-order valence-corrected chi connectivity index (χ2v) is 6.68. The smallest absolute Gasteiger partial charge is 0.227 e. The van der Waals surface area contributed by atoms with Crippen LogP contribution in [0.15, 0.2) is 12.1 Å². The fraction of sp³-hybridized carbons (Fsp3) is 0.500. The molecule has 0 bridgehead atoms. The minimum Gasteiger partial charge on any atom is -0.486 e. The first kappa shape index (κ1) is 18.8. The van der Waals surface area contributed by atoms with Crippen LogP contribution in [0, 0.1) is 17.7 Å². The molecule has 22 heavy (non-hydrogen) atoms. The van der Waals surface area contributed by atoms with Crippen molar-refractivity contribution in [3.8, 4) is 0 Å². The summed E-state index contributed by atoms with van der Waals surface area (Å²) in [5, 5.41) is 3.20. The molecule has 6 heteroatoms. The van der Waals surface area contributed by atoms with Crippen LogP contribution in [-0.4, -0.2) is 17.6 Å². The van der Waals surface area contributed by atoms with Crippen LogP contribution in [-0.2, 0) is 16.0 Å². The summed E-state index contributed by atoms with van der Waals surface area (Å²) in [5.74, 6) is -0.709. The summed E-state index contributed by atoms with van der Waals surface area (Å²) in [5.41, 5.74) is 0.723. The van der Waals surface area contributed by atoms with Gasteiger partial charge in [-0.05, 0) is 35.8 Å². The van der Waals surface area contributed by atoms with Crippen molar-refractivity contribution < 1.29 is 13.9 Å². The number of rotatable bonds is 6. The van der Waals surface area contributed by atoms with Gasteiger partial charge < -0.3 is 10.1 Å². The van der Waals surface area contributed by atoms with Crippen LogP contribution in [0.1, 0.15) is 33.3 Å². The summed E-state index contributed by atoms with van der Waals surface area (Å²) in [4.78, 5) is 11.7. The van der Waals surface area contributed by atoms with E-state index in [-0.39, 0.29) is 22.5 Å². The Labute approximate surface area is 141 Å². The van der Waals surface area contributed by atoms with Crippen LogP contribution >= 0.6 is 23.8 Å². The first-order valence-corrected chi connectivity index (χ1v) is 7.93. The standard InChI is InChI=1S/C16H21ClFNO2S/c1-9(2)8-21-15(22)6-11-5-14(13(18)7-12(11)17)19-16(20)10(3)4/h5,7,9-10H,6,8H2,1-4H3,(H,19,20). The summed E-state index contributed by atoms with van der Waals surface area (Å²) < 4.78 is 19.3. The SMILES string of the molecule is CC(C)COC(=S)Cc1cc(NC(=O)C(C)C)c(F)cc1Cl. The van der Waals surface area contributed by atoms with E-state index in [1.807, 2.05) is 13.8 Å². The van der Waals surface area contributed by atoms with Crippen molar-refractivity contribution in [1.29, 1.82) is 0 Å². The Morgan fingerprint density at radius 1 is 1.36 bits per heavy atom. The van der Waals surface area contributed by atoms with E-state index in [0.717, 1.165) is 0 Å². The number of thiocarbonyl (C=S) groups is 1. The number of nitrogens with one attached hydrogen (secondary N) is 1. The van der Waals surface area contributed by atoms with E-state index < -0.39 is 5.82 Å². The molecule has 1 amide bonds. The Hall–Kier alpha value is -1.20. The van der Waals surface area contributed by atoms with Gasteiger partial charge in [0.25, 0.3) is 0 Å². The molecule has 0 saturated heterocycles. The Bertz CT molecular complexity index is 561. The molecule has 1 aromatic carbocycles. The summed E-state index contributed by atoms with van der Waals surface area (Å²) in [6.07, 6.45) is 0.297. The molecule has 1 rings (SSSR count). The van der Waals surface area contributed by atoms with E-state index in [1.54, 1.807) is 13.8 Å². The molecular weight excluding hydrogens is 325 g/mol. The fourth-order valence-corrected chi connectivity index (χ4v) is 2.01. The van der Waals surface area contributed by atoms with Gasteiger partial charge in [-0.15, -0.1) is 0 Å². The second kappa shape index (κ2) is 8.44. The minimum atomic E-state index is -0.572. The van der Waals surface area contributed by atoms with Crippen LogP contribution in [0.4, 0.5) is 10.1 Å². The zero-order valence-electron chi connectivity index (χ0n) is 13.2. The van der Waals surface area contributed by atoms with Gasteiger partial charge in [-0.25, -0.2) is 4.39 Å². The molecule has 0 heterocycles. The molecule has 0 aromatic heterocycles. The van der Waals surface area contributed by atoms with Crippen LogP contribution < -0.4 is 5.32 Å². The van der Waals surface area contributed by atoms with Gasteiger partial charge in [0.15, 0.2) is 5.05 Å². The average Bonchev–Trinajstić information content (AvgIpc) is 2.41. The van der Waals surface area contributed by atoms with Gasteiger partial charge in [0.05, 0.1) is 12.3 Å². The van der Waals surface area contributed by atoms with Gasteiger partial charge in [0.2, 0.25) is 5.91 Å². The lowest BCUT2D eigenvalue weighted by Gasteiger charge is -2.13. The van der Waals surface area contributed by atoms with Crippen molar-refractivity contribution in [3.05, 3.63) is 28.5 Å². The number of carbonyl (C=O) groups excluding carboxylic acids is 1. The maximum atomic E-state index is 13.9. The molecule has 0 radical (unpaired) electrons. The summed E-state index contributed by atoms with van der Waals surface area (Å²) in [6, 6.07) is 2.68. The highest BCUT2D eigenvalue weighted by Gasteiger charge is 2.14. The fourth-order valence-electron chi connectivity index (χ4n) is 1.57. The lowest BCUT2D eigenvalue weighted by Crippen LogP contribution is -2.19. The number of ether oxygens (including phenoxy) is 1. The Kier molecular flexibility index (Phi) is 7.23. The molecule has 0 saturated carbocycles. The lowest BCUT2D eigenvalue weighted by atomic mass is 10.1. The third-order valence-electron chi connectivity index (χ3n) is 2.83. The number of hydrogen-bond donors (Lipinski definition) is 1. The second-order valence-electron chi connectivity index (χ2n) is 5.82. The monoisotopic (exact) mass is 345 g/mol. The Morgan fingerprint density at radius 2 is 2.00 bits per heavy atom. The molecule has 0 aliphatic rings. The molecule has 0 aliphatic heterocycles. The highest BCUT2D eigenvalue weighted by atomic mass is 35.5. The van der Waals surface area contributed by atoms with Gasteiger partial charge in [0, 0.05) is 17.4 Å². The molecule has 1 aromatic rings. The molecule has 1 N–H and O–H groups in total. The van der Waals surface area contributed by atoms with E-state index in [0.29, 0.717) is 29.6 Å². The topological polar surface area (TPSA) is 38.3 Å². The molecule has 0 unspecified atom stereocenters. The van der Waals surface area contributed by atoms with Crippen LogP contribution in [0.25, 0.3) is 0 Å². The van der Waals surface area contributed by atoms with Crippen molar-refractivity contribution >= 4 is 40.5 Å². The molecule has 0 aliphatic carbocycles. The molecule has 122 valence electrons. The highest BCUT2D eigenvalue weighted by Crippen LogP contribution is 2.25. The first-order valence-electron chi connectivity index (χ1n) is 7.15. The molecular formula is C16H21ClFNO2S. The highest BCUT2D eigenvalue weighted by molar-refractivity contribution is 7.80. The number of carbonyl (C=O) groups is 1. The zero-order chi connectivity index (χ0) is 16.9. The van der Waals surface area contributed by atoms with Gasteiger partial charge in [-0.3, -0.25) is 4.79 Å². The number of amides is 1. The number of anilines is 1. The number of benzene rings is 1. The maximum Gasteiger partial charge on any atom is 0.227 e. The van der Waals surface area contributed by atoms with Gasteiger partial charge in [-0.1, -0.05) is 39.3 Å². The van der Waals surface area contributed by atoms with E-state index >= 15 is 0 Å². The zero-order valence-corrected chi connectivity index (χ0v) is 14.8. The van der Waals surface area contributed by atoms with Crippen molar-refractivity contribution in [1.82, 2.24) is 0 Å². The molecule has 0 atom stereocenters. The van der Waals surface area contributed by atoms with Crippen molar-refractivity contribution in [2.24, 2.45) is 11.8 Å². The summed E-state index contributed by atoms with van der Waals surface area (Å²) in [6.45, 7) is 8.03. The molecule has 0 fully saturated rings. The van der Waals surface area contributed by atoms with Crippen molar-refractivity contribution in [3.63, 3.8) is 0 Å². The van der Waals surface area contributed by atoms with Crippen molar-refractivity contribution in [2.75, 3.05) is 11.9 Å². The maximum absolute atomic E-state index is 13.9. The van der Waals surface area contributed by atoms with Crippen LogP contribution in [0.3, 0.4) is 0 Å². The van der Waals surface area contributed by atoms with Crippen molar-refractivity contribution in [2.45, 2.75) is 34.1 Å². The van der Waals surface area contributed by atoms with E-state index in [2.05, 4.69) is 5.32 Å². The normalized spacial score (nSPS) is 10.9. The van der Waals surface area contributed by atoms with Gasteiger partial charge >= 0.3 is 0 Å². The Balaban J connectivity index is 2.87. The first-order chi connectivity index (χ1) is 10.2. The van der Waals surface area contributed by atoms with E-state index in [9.17, 15) is 9.18 Å². The summed E-state index contributed by atoms with van der Waals surface area (Å²) >= 11 is 11.2. The van der Waals surface area contributed by atoms with E-state index in [4.69, 9.17) is 28.6 Å². The third-order valence-corrected chi connectivity index (χ3v) is 3.44. The molecule has 0 spiro atoms. The van der Waals surface area contributed by atoms with Crippen LogP contribution in [0.5, 0.6) is 0 Å². The van der Waals surface area contributed by atoms with Crippen LogP contribution in [0.2, 0.25) is 5.02 Å². The van der Waals surface area contributed by atoms with Gasteiger partial charge in [-0.2, -0.15) is 0 Å². The average molecular weight is 346 g/mol. The quantitative estimate of drug-likeness (QED) is 0.765. The third kappa shape index (κ3) is 5.89. The number of halogens is 2. The predicted octanol–water partition coefficient (Wildman–Crippen LogP) is 4.62. The predicted molar refractivity (Wildman–Crippen MR) is 92.0 cm³/mol. The van der Waals surface area contributed by atoms with E-state index in [1.165, 1.54) is 12.1 Å². The lowest BCUT2D eigenvalue weighted by molar-refractivity contribution is -0.118. The minimum absolute atomic E-state index is 0.102. The summed E-state index contributed by atoms with van der Waals surface area (Å²) in [7, 11) is 0. The largest absolute Gasteiger partial charge is 0.486 e. The molecule has 3 nitrogen and oxygen atoms in total. The number of hydrogen-bond acceptors (Lipinski definition) is 3. The Morgan fingerprint density at radius 3 is 2.55 bits per heavy atom. The van der Waals surface area contributed by atoms with Gasteiger partial charge in [0.1, 0.15) is 5.82 Å².